The molecule has 8 heteroatoms. The molecule has 0 fully saturated rings. The van der Waals surface area contributed by atoms with Crippen molar-refractivity contribution in [3.05, 3.63) is 35.5 Å². The van der Waals surface area contributed by atoms with Crippen LogP contribution in [0.3, 0.4) is 0 Å². The quantitative estimate of drug-likeness (QED) is 0.818. The zero-order valence-corrected chi connectivity index (χ0v) is 10.0. The molecule has 0 amide bonds. The van der Waals surface area contributed by atoms with Crippen molar-refractivity contribution in [2.24, 2.45) is 0 Å². The monoisotopic (exact) mass is 272 g/mol. The summed E-state index contributed by atoms with van der Waals surface area (Å²) in [6.07, 6.45) is 0. The van der Waals surface area contributed by atoms with Crippen LogP contribution in [0.15, 0.2) is 16.5 Å². The zero-order valence-electron chi connectivity index (χ0n) is 10.0. The number of hydrogen-bond donors (Lipinski definition) is 2. The van der Waals surface area contributed by atoms with Crippen LogP contribution >= 0.6 is 0 Å². The standard InChI is InChI=1S/C11H11F3N4O/c1-2-15-5-9-17-18-11(19-9)16-6-3-7(12)10(14)8(13)4-6/h3-4,15H,2,5H2,1H3,(H,16,18). The highest BCUT2D eigenvalue weighted by Crippen LogP contribution is 2.20. The maximum atomic E-state index is 13.0. The van der Waals surface area contributed by atoms with E-state index in [2.05, 4.69) is 20.8 Å². The van der Waals surface area contributed by atoms with Gasteiger partial charge in [-0.3, -0.25) is 0 Å². The Labute approximate surface area is 106 Å². The van der Waals surface area contributed by atoms with Gasteiger partial charge in [0, 0.05) is 17.8 Å². The normalized spacial score (nSPS) is 10.7. The first-order chi connectivity index (χ1) is 9.10. The molecule has 2 N–H and O–H groups in total. The maximum absolute atomic E-state index is 13.0. The van der Waals surface area contributed by atoms with Crippen molar-refractivity contribution in [1.29, 1.82) is 0 Å². The maximum Gasteiger partial charge on any atom is 0.320 e. The van der Waals surface area contributed by atoms with E-state index in [4.69, 9.17) is 4.42 Å². The highest BCUT2D eigenvalue weighted by molar-refractivity contribution is 5.52. The Hall–Kier alpha value is -2.09. The van der Waals surface area contributed by atoms with Crippen molar-refractivity contribution < 1.29 is 17.6 Å². The summed E-state index contributed by atoms with van der Waals surface area (Å²) in [5.41, 5.74) is -0.0185. The number of rotatable bonds is 5. The Morgan fingerprint density at radius 1 is 1.16 bits per heavy atom. The summed E-state index contributed by atoms with van der Waals surface area (Å²) >= 11 is 0. The van der Waals surface area contributed by atoms with Gasteiger partial charge in [0.05, 0.1) is 6.54 Å². The summed E-state index contributed by atoms with van der Waals surface area (Å²) in [7, 11) is 0. The first-order valence-electron chi connectivity index (χ1n) is 5.54. The van der Waals surface area contributed by atoms with E-state index in [0.717, 1.165) is 18.7 Å². The molecule has 0 spiro atoms. The second-order valence-electron chi connectivity index (χ2n) is 3.66. The summed E-state index contributed by atoms with van der Waals surface area (Å²) < 4.78 is 43.9. The van der Waals surface area contributed by atoms with Crippen LogP contribution in [-0.4, -0.2) is 16.7 Å². The van der Waals surface area contributed by atoms with Crippen molar-refractivity contribution in [1.82, 2.24) is 15.5 Å². The van der Waals surface area contributed by atoms with E-state index in [1.165, 1.54) is 0 Å². The van der Waals surface area contributed by atoms with E-state index in [1.54, 1.807) is 0 Å². The molecule has 0 saturated carbocycles. The molecule has 5 nitrogen and oxygen atoms in total. The van der Waals surface area contributed by atoms with E-state index in [1.807, 2.05) is 6.92 Å². The molecule has 1 heterocycles. The molecular formula is C11H11F3N4O. The summed E-state index contributed by atoms with van der Waals surface area (Å²) in [6.45, 7) is 3.04. The Morgan fingerprint density at radius 3 is 2.47 bits per heavy atom. The minimum absolute atomic E-state index is 0.0185. The van der Waals surface area contributed by atoms with Crippen LogP contribution < -0.4 is 10.6 Å². The number of nitrogens with one attached hydrogen (secondary N) is 2. The lowest BCUT2D eigenvalue weighted by molar-refractivity contribution is 0.447. The van der Waals surface area contributed by atoms with Gasteiger partial charge < -0.3 is 15.1 Å². The summed E-state index contributed by atoms with van der Waals surface area (Å²) in [5, 5.41) is 12.8. The number of benzene rings is 1. The van der Waals surface area contributed by atoms with E-state index in [9.17, 15) is 13.2 Å². The molecule has 0 aliphatic carbocycles. The third kappa shape index (κ3) is 3.22. The Morgan fingerprint density at radius 2 is 1.84 bits per heavy atom. The Balaban J connectivity index is 2.10. The van der Waals surface area contributed by atoms with Crippen molar-refractivity contribution >= 4 is 11.7 Å². The predicted molar refractivity (Wildman–Crippen MR) is 61.3 cm³/mol. The summed E-state index contributed by atoms with van der Waals surface area (Å²) in [6, 6.07) is 1.57. The summed E-state index contributed by atoms with van der Waals surface area (Å²) in [5.74, 6) is -3.79. The largest absolute Gasteiger partial charge is 0.406 e. The molecule has 0 unspecified atom stereocenters. The molecule has 102 valence electrons. The number of hydrogen-bond acceptors (Lipinski definition) is 5. The van der Waals surface area contributed by atoms with Gasteiger partial charge in [-0.25, -0.2) is 13.2 Å². The van der Waals surface area contributed by atoms with E-state index in [-0.39, 0.29) is 11.7 Å². The van der Waals surface area contributed by atoms with Crippen LogP contribution in [0, 0.1) is 17.5 Å². The molecule has 0 aliphatic rings. The van der Waals surface area contributed by atoms with Gasteiger partial charge in [0.15, 0.2) is 17.5 Å². The van der Waals surface area contributed by atoms with Gasteiger partial charge in [-0.1, -0.05) is 12.0 Å². The fraction of sp³-hybridized carbons (Fsp3) is 0.273. The minimum atomic E-state index is -1.52. The second-order valence-corrected chi connectivity index (χ2v) is 3.66. The number of anilines is 2. The van der Waals surface area contributed by atoms with Gasteiger partial charge >= 0.3 is 6.01 Å². The number of halogens is 3. The van der Waals surface area contributed by atoms with Crippen LogP contribution in [0.4, 0.5) is 24.9 Å². The average Bonchev–Trinajstić information content (AvgIpc) is 2.81. The van der Waals surface area contributed by atoms with Crippen LogP contribution in [0.25, 0.3) is 0 Å². The fourth-order valence-electron chi connectivity index (χ4n) is 1.36. The molecule has 0 bridgehead atoms. The molecule has 2 aromatic rings. The molecular weight excluding hydrogens is 261 g/mol. The lowest BCUT2D eigenvalue weighted by Crippen LogP contribution is -2.11. The second kappa shape index (κ2) is 5.70. The van der Waals surface area contributed by atoms with Gasteiger partial charge in [-0.2, -0.15) is 0 Å². The van der Waals surface area contributed by atoms with Gasteiger partial charge in [-0.15, -0.1) is 5.10 Å². The van der Waals surface area contributed by atoms with Crippen LogP contribution in [0.2, 0.25) is 0 Å². The summed E-state index contributed by atoms with van der Waals surface area (Å²) in [4.78, 5) is 0. The fourth-order valence-corrected chi connectivity index (χ4v) is 1.36. The molecule has 0 atom stereocenters. The minimum Gasteiger partial charge on any atom is -0.406 e. The molecule has 0 saturated heterocycles. The van der Waals surface area contributed by atoms with Gasteiger partial charge in [0.1, 0.15) is 0 Å². The smallest absolute Gasteiger partial charge is 0.320 e. The van der Waals surface area contributed by atoms with Gasteiger partial charge in [0.2, 0.25) is 5.89 Å². The van der Waals surface area contributed by atoms with Crippen LogP contribution in [0.5, 0.6) is 0 Å². The third-order valence-electron chi connectivity index (χ3n) is 2.23. The van der Waals surface area contributed by atoms with Crippen molar-refractivity contribution in [3.63, 3.8) is 0 Å². The lowest BCUT2D eigenvalue weighted by Gasteiger charge is -2.02. The van der Waals surface area contributed by atoms with Crippen molar-refractivity contribution in [2.75, 3.05) is 11.9 Å². The molecule has 1 aromatic carbocycles. The molecule has 0 aliphatic heterocycles. The van der Waals surface area contributed by atoms with Crippen molar-refractivity contribution in [2.45, 2.75) is 13.5 Å². The van der Waals surface area contributed by atoms with E-state index >= 15 is 0 Å². The Kier molecular flexibility index (Phi) is 4.00. The SMILES string of the molecule is CCNCc1nnc(Nc2cc(F)c(F)c(F)c2)o1. The average molecular weight is 272 g/mol. The lowest BCUT2D eigenvalue weighted by atomic mass is 10.3. The van der Waals surface area contributed by atoms with Crippen LogP contribution in [0.1, 0.15) is 12.8 Å². The third-order valence-corrected chi connectivity index (χ3v) is 2.23. The highest BCUT2D eigenvalue weighted by atomic mass is 19.2. The molecule has 2 rings (SSSR count). The first-order valence-corrected chi connectivity index (χ1v) is 5.54. The van der Waals surface area contributed by atoms with Gasteiger partial charge in [0.25, 0.3) is 0 Å². The molecule has 19 heavy (non-hydrogen) atoms. The molecule has 1 aromatic heterocycles. The van der Waals surface area contributed by atoms with Crippen molar-refractivity contribution in [3.8, 4) is 0 Å². The predicted octanol–water partition coefficient (Wildman–Crippen LogP) is 2.34. The zero-order chi connectivity index (χ0) is 13.8. The first kappa shape index (κ1) is 13.3. The molecule has 0 radical (unpaired) electrons. The Bertz CT molecular complexity index is 550. The van der Waals surface area contributed by atoms with Crippen LogP contribution in [-0.2, 0) is 6.54 Å². The highest BCUT2D eigenvalue weighted by Gasteiger charge is 2.12. The van der Waals surface area contributed by atoms with E-state index < -0.39 is 17.5 Å². The number of aromatic nitrogens is 2. The van der Waals surface area contributed by atoms with Gasteiger partial charge in [-0.05, 0) is 6.54 Å². The van der Waals surface area contributed by atoms with E-state index in [0.29, 0.717) is 12.4 Å². The topological polar surface area (TPSA) is 63.0 Å². The number of nitrogens with zero attached hydrogens (tertiary/aromatic N) is 2.